The Morgan fingerprint density at radius 3 is 1.07 bits per heavy atom. The molecule has 0 spiro atoms. The van der Waals surface area contributed by atoms with Gasteiger partial charge in [0.1, 0.15) is 39.6 Å². The first kappa shape index (κ1) is 17.7. The van der Waals surface area contributed by atoms with Crippen molar-refractivity contribution in [3.05, 3.63) is 9.75 Å². The summed E-state index contributed by atoms with van der Waals surface area (Å²) in [5.41, 5.74) is 0. The lowest BCUT2D eigenvalue weighted by molar-refractivity contribution is 0.170. The summed E-state index contributed by atoms with van der Waals surface area (Å²) < 4.78 is 35.9. The summed E-state index contributed by atoms with van der Waals surface area (Å²) in [6.07, 6.45) is 0. The highest BCUT2D eigenvalue weighted by atomic mass is 32.1. The van der Waals surface area contributed by atoms with Gasteiger partial charge < -0.3 is 28.4 Å². The van der Waals surface area contributed by atoms with Crippen molar-refractivity contribution in [3.63, 3.8) is 0 Å². The van der Waals surface area contributed by atoms with Crippen molar-refractivity contribution in [2.75, 3.05) is 39.6 Å². The number of aryl methyl sites for hydroxylation is 2. The van der Waals surface area contributed by atoms with Crippen molar-refractivity contribution in [3.8, 4) is 54.0 Å². The van der Waals surface area contributed by atoms with Gasteiger partial charge >= 0.3 is 0 Å². The molecule has 0 saturated heterocycles. The molecule has 0 aliphatic carbocycles. The molecule has 3 aliphatic rings. The molecule has 0 N–H and O–H groups in total. The van der Waals surface area contributed by atoms with Gasteiger partial charge in [-0.05, 0) is 13.8 Å². The highest BCUT2D eigenvalue weighted by molar-refractivity contribution is 7.27. The van der Waals surface area contributed by atoms with E-state index < -0.39 is 0 Å². The quantitative estimate of drug-likeness (QED) is 0.539. The number of hydrogen-bond acceptors (Lipinski definition) is 9. The molecule has 0 amide bonds. The molecule has 3 aliphatic heterocycles. The molecule has 0 unspecified atom stereocenters. The zero-order valence-corrected chi connectivity index (χ0v) is 18.4. The summed E-state index contributed by atoms with van der Waals surface area (Å²) in [7, 11) is 0. The van der Waals surface area contributed by atoms with Crippen LogP contribution in [0, 0.1) is 13.8 Å². The van der Waals surface area contributed by atoms with Crippen molar-refractivity contribution in [1.29, 1.82) is 0 Å². The molecule has 152 valence electrons. The van der Waals surface area contributed by atoms with Gasteiger partial charge in [-0.3, -0.25) is 0 Å². The molecule has 0 saturated carbocycles. The van der Waals surface area contributed by atoms with Crippen molar-refractivity contribution in [2.24, 2.45) is 0 Å². The zero-order chi connectivity index (χ0) is 19.5. The normalized spacial score (nSPS) is 16.8. The van der Waals surface area contributed by atoms with Crippen LogP contribution in [0.2, 0.25) is 0 Å². The summed E-state index contributed by atoms with van der Waals surface area (Å²) >= 11 is 5.00. The standard InChI is InChI=1S/C20H18O6S3/c1-9-11-13(23-5-3-21-11)17(27-9)19-15-16(26-8-7-25-15)20(29-19)18-14-12(10(2)28-18)22-4-6-24-14/h3-8H2,1-2H3. The van der Waals surface area contributed by atoms with E-state index in [1.54, 1.807) is 34.0 Å². The van der Waals surface area contributed by atoms with E-state index in [1.807, 2.05) is 0 Å². The van der Waals surface area contributed by atoms with Gasteiger partial charge in [-0.2, -0.15) is 0 Å². The van der Waals surface area contributed by atoms with Gasteiger partial charge in [0.2, 0.25) is 0 Å². The van der Waals surface area contributed by atoms with Gasteiger partial charge in [0, 0.05) is 9.75 Å². The molecule has 3 aromatic heterocycles. The molecule has 6 nitrogen and oxygen atoms in total. The molecule has 0 fully saturated rings. The first-order chi connectivity index (χ1) is 14.2. The minimum atomic E-state index is 0.529. The Bertz CT molecular complexity index is 1020. The van der Waals surface area contributed by atoms with Crippen LogP contribution in [-0.4, -0.2) is 39.6 Å². The Labute approximate surface area is 179 Å². The average molecular weight is 451 g/mol. The highest BCUT2D eigenvalue weighted by Gasteiger charge is 2.35. The SMILES string of the molecule is Cc1sc(-c2sc(-c3sc(C)c4c3OCCO4)c3c2OCCO3)c2c1OCCO2. The summed E-state index contributed by atoms with van der Waals surface area (Å²) in [4.78, 5) is 6.33. The molecule has 0 aromatic carbocycles. The fourth-order valence-electron chi connectivity index (χ4n) is 3.74. The smallest absolute Gasteiger partial charge is 0.181 e. The monoisotopic (exact) mass is 450 g/mol. The maximum Gasteiger partial charge on any atom is 0.181 e. The van der Waals surface area contributed by atoms with Crippen LogP contribution in [0.4, 0.5) is 0 Å². The van der Waals surface area contributed by atoms with Crippen LogP contribution in [0.25, 0.3) is 19.5 Å². The Hall–Kier alpha value is -2.10. The first-order valence-corrected chi connectivity index (χ1v) is 11.9. The van der Waals surface area contributed by atoms with Crippen LogP contribution in [0.1, 0.15) is 9.75 Å². The van der Waals surface area contributed by atoms with E-state index in [4.69, 9.17) is 28.4 Å². The van der Waals surface area contributed by atoms with E-state index in [0.717, 1.165) is 63.8 Å². The number of ether oxygens (including phenoxy) is 6. The van der Waals surface area contributed by atoms with Crippen LogP contribution in [-0.2, 0) is 0 Å². The zero-order valence-electron chi connectivity index (χ0n) is 15.9. The van der Waals surface area contributed by atoms with Crippen LogP contribution in [0.3, 0.4) is 0 Å². The predicted octanol–water partition coefficient (Wildman–Crippen LogP) is 5.14. The van der Waals surface area contributed by atoms with Gasteiger partial charge in [0.05, 0.1) is 19.5 Å². The molecule has 6 heterocycles. The van der Waals surface area contributed by atoms with E-state index >= 15 is 0 Å². The lowest BCUT2D eigenvalue weighted by atomic mass is 10.2. The maximum absolute atomic E-state index is 6.09. The Kier molecular flexibility index (Phi) is 4.11. The van der Waals surface area contributed by atoms with Gasteiger partial charge in [-0.15, -0.1) is 34.0 Å². The Balaban J connectivity index is 1.56. The van der Waals surface area contributed by atoms with Crippen LogP contribution >= 0.6 is 34.0 Å². The fourth-order valence-corrected chi connectivity index (χ4v) is 7.26. The molecule has 9 heteroatoms. The third kappa shape index (κ3) is 2.64. The molecule has 0 radical (unpaired) electrons. The van der Waals surface area contributed by atoms with E-state index in [2.05, 4.69) is 13.8 Å². The lowest BCUT2D eigenvalue weighted by Gasteiger charge is -2.19. The number of fused-ring (bicyclic) bond motifs is 3. The second kappa shape index (κ2) is 6.72. The summed E-state index contributed by atoms with van der Waals surface area (Å²) in [5, 5.41) is 0. The Morgan fingerprint density at radius 1 is 0.414 bits per heavy atom. The molecular weight excluding hydrogens is 432 g/mol. The van der Waals surface area contributed by atoms with Crippen molar-refractivity contribution in [1.82, 2.24) is 0 Å². The third-order valence-corrected chi connectivity index (χ3v) is 8.55. The van der Waals surface area contributed by atoms with E-state index in [1.165, 1.54) is 0 Å². The number of hydrogen-bond donors (Lipinski definition) is 0. The summed E-state index contributed by atoms with van der Waals surface area (Å²) in [6.45, 7) is 7.44. The summed E-state index contributed by atoms with van der Waals surface area (Å²) in [5.74, 6) is 4.88. The minimum absolute atomic E-state index is 0.529. The molecule has 29 heavy (non-hydrogen) atoms. The highest BCUT2D eigenvalue weighted by Crippen LogP contribution is 2.62. The molecule has 3 aromatic rings. The van der Waals surface area contributed by atoms with Gasteiger partial charge in [-0.25, -0.2) is 0 Å². The van der Waals surface area contributed by atoms with Crippen LogP contribution in [0.5, 0.6) is 34.5 Å². The Morgan fingerprint density at radius 2 is 0.690 bits per heavy atom. The van der Waals surface area contributed by atoms with E-state index in [-0.39, 0.29) is 0 Å². The second-order valence-electron chi connectivity index (χ2n) is 6.80. The molecule has 0 atom stereocenters. The van der Waals surface area contributed by atoms with E-state index in [0.29, 0.717) is 39.6 Å². The molecular formula is C20H18O6S3. The molecule has 6 rings (SSSR count). The van der Waals surface area contributed by atoms with Crippen LogP contribution < -0.4 is 28.4 Å². The van der Waals surface area contributed by atoms with Crippen molar-refractivity contribution >= 4 is 34.0 Å². The number of thiophene rings is 3. The third-order valence-electron chi connectivity index (χ3n) is 4.94. The van der Waals surface area contributed by atoms with Gasteiger partial charge in [0.15, 0.2) is 34.5 Å². The topological polar surface area (TPSA) is 55.4 Å². The predicted molar refractivity (Wildman–Crippen MR) is 113 cm³/mol. The van der Waals surface area contributed by atoms with Crippen LogP contribution in [0.15, 0.2) is 0 Å². The summed E-state index contributed by atoms with van der Waals surface area (Å²) in [6, 6.07) is 0. The van der Waals surface area contributed by atoms with Crippen molar-refractivity contribution in [2.45, 2.75) is 13.8 Å². The maximum atomic E-state index is 6.09. The van der Waals surface area contributed by atoms with Crippen molar-refractivity contribution < 1.29 is 28.4 Å². The lowest BCUT2D eigenvalue weighted by Crippen LogP contribution is -2.16. The largest absolute Gasteiger partial charge is 0.485 e. The second-order valence-corrected chi connectivity index (χ2v) is 10.3. The fraction of sp³-hybridized carbons (Fsp3) is 0.400. The van der Waals surface area contributed by atoms with Gasteiger partial charge in [-0.1, -0.05) is 0 Å². The minimum Gasteiger partial charge on any atom is -0.485 e. The average Bonchev–Trinajstić information content (AvgIpc) is 3.41. The first-order valence-electron chi connectivity index (χ1n) is 9.43. The molecule has 0 bridgehead atoms. The van der Waals surface area contributed by atoms with E-state index in [9.17, 15) is 0 Å². The van der Waals surface area contributed by atoms with Gasteiger partial charge in [0.25, 0.3) is 0 Å². The number of rotatable bonds is 2.